The maximum atomic E-state index is 13.1. The molecule has 1 heterocycles. The Balaban J connectivity index is 1.54. The van der Waals surface area contributed by atoms with Crippen molar-refractivity contribution in [2.45, 2.75) is 25.8 Å². The van der Waals surface area contributed by atoms with Crippen molar-refractivity contribution in [2.24, 2.45) is 0 Å². The highest BCUT2D eigenvalue weighted by Gasteiger charge is 2.36. The molecule has 5 nitrogen and oxygen atoms in total. The second kappa shape index (κ2) is 9.49. The summed E-state index contributed by atoms with van der Waals surface area (Å²) in [6, 6.07) is 10.7. The number of aliphatic hydroxyl groups excluding tert-OH is 1. The van der Waals surface area contributed by atoms with E-state index in [2.05, 4.69) is 5.32 Å². The van der Waals surface area contributed by atoms with Crippen molar-refractivity contribution in [3.8, 4) is 0 Å². The Morgan fingerprint density at radius 1 is 1.20 bits per heavy atom. The van der Waals surface area contributed by atoms with Crippen LogP contribution in [0, 0.1) is 5.82 Å². The molecule has 158 valence electrons. The summed E-state index contributed by atoms with van der Waals surface area (Å²) in [6.07, 6.45) is 1.34. The maximum Gasteiger partial charge on any atom is 0.290 e. The van der Waals surface area contributed by atoms with Gasteiger partial charge in [-0.25, -0.2) is 4.39 Å². The molecule has 2 N–H and O–H groups in total. The summed E-state index contributed by atoms with van der Waals surface area (Å²) in [4.78, 5) is 26.3. The summed E-state index contributed by atoms with van der Waals surface area (Å²) in [7, 11) is 0. The quantitative estimate of drug-likeness (QED) is 0.605. The Labute approximate surface area is 184 Å². The topological polar surface area (TPSA) is 69.6 Å². The number of aryl methyl sites for hydroxylation is 1. The van der Waals surface area contributed by atoms with Crippen LogP contribution in [0.25, 0.3) is 0 Å². The first-order chi connectivity index (χ1) is 14.3. The average molecular weight is 451 g/mol. The molecule has 1 aliphatic heterocycles. The van der Waals surface area contributed by atoms with E-state index in [1.165, 1.54) is 17.0 Å². The zero-order valence-electron chi connectivity index (χ0n) is 16.3. The van der Waals surface area contributed by atoms with Crippen LogP contribution in [-0.4, -0.2) is 34.9 Å². The highest BCUT2D eigenvalue weighted by molar-refractivity contribution is 6.42. The molecule has 0 saturated heterocycles. The zero-order valence-corrected chi connectivity index (χ0v) is 17.8. The van der Waals surface area contributed by atoms with E-state index in [9.17, 15) is 19.1 Å². The molecule has 1 atom stereocenters. The van der Waals surface area contributed by atoms with E-state index in [1.807, 2.05) is 6.07 Å². The Morgan fingerprint density at radius 2 is 1.90 bits per heavy atom. The summed E-state index contributed by atoms with van der Waals surface area (Å²) in [5.41, 5.74) is 1.74. The van der Waals surface area contributed by atoms with Gasteiger partial charge in [0, 0.05) is 6.54 Å². The number of carbonyl (C=O) groups excluding carboxylic acids is 2. The van der Waals surface area contributed by atoms with E-state index < -0.39 is 23.6 Å². The number of rotatable bonds is 7. The van der Waals surface area contributed by atoms with Crippen LogP contribution in [-0.2, 0) is 16.0 Å². The van der Waals surface area contributed by atoms with Crippen LogP contribution in [0.2, 0.25) is 10.0 Å². The summed E-state index contributed by atoms with van der Waals surface area (Å²) >= 11 is 11.9. The predicted molar refractivity (Wildman–Crippen MR) is 114 cm³/mol. The number of amides is 2. The normalized spacial score (nSPS) is 14.9. The fraction of sp³-hybridized carbons (Fsp3) is 0.273. The van der Waals surface area contributed by atoms with Crippen LogP contribution in [0.15, 0.2) is 53.8 Å². The molecule has 0 saturated carbocycles. The molecule has 0 radical (unpaired) electrons. The lowest BCUT2D eigenvalue weighted by atomic mass is 10.1. The van der Waals surface area contributed by atoms with Crippen molar-refractivity contribution in [3.63, 3.8) is 0 Å². The highest BCUT2D eigenvalue weighted by atomic mass is 35.5. The molecule has 2 aromatic carbocycles. The Morgan fingerprint density at radius 3 is 2.57 bits per heavy atom. The molecule has 2 aromatic rings. The smallest absolute Gasteiger partial charge is 0.290 e. The fourth-order valence-corrected chi connectivity index (χ4v) is 3.61. The van der Waals surface area contributed by atoms with Gasteiger partial charge in [0.25, 0.3) is 11.8 Å². The van der Waals surface area contributed by atoms with Gasteiger partial charge in [0.2, 0.25) is 0 Å². The van der Waals surface area contributed by atoms with Crippen molar-refractivity contribution >= 4 is 35.0 Å². The lowest BCUT2D eigenvalue weighted by Gasteiger charge is -2.24. The molecule has 0 spiro atoms. The van der Waals surface area contributed by atoms with Gasteiger partial charge in [-0.2, -0.15) is 0 Å². The summed E-state index contributed by atoms with van der Waals surface area (Å²) in [6.45, 7) is 2.12. The van der Waals surface area contributed by atoms with E-state index in [-0.39, 0.29) is 17.9 Å². The van der Waals surface area contributed by atoms with E-state index in [0.717, 1.165) is 5.56 Å². The van der Waals surface area contributed by atoms with Crippen LogP contribution in [0.4, 0.5) is 4.39 Å². The number of nitrogens with one attached hydrogen (secondary N) is 1. The summed E-state index contributed by atoms with van der Waals surface area (Å²) in [5, 5.41) is 13.9. The van der Waals surface area contributed by atoms with Crippen molar-refractivity contribution in [2.75, 3.05) is 13.1 Å². The molecular weight excluding hydrogens is 430 g/mol. The minimum atomic E-state index is -0.618. The van der Waals surface area contributed by atoms with E-state index in [0.29, 0.717) is 35.0 Å². The van der Waals surface area contributed by atoms with Gasteiger partial charge in [0.15, 0.2) is 5.76 Å². The van der Waals surface area contributed by atoms with E-state index >= 15 is 0 Å². The molecule has 2 amide bonds. The second-order valence-corrected chi connectivity index (χ2v) is 7.91. The number of halogens is 3. The van der Waals surface area contributed by atoms with Crippen LogP contribution in [0.5, 0.6) is 0 Å². The maximum absolute atomic E-state index is 13.1. The first-order valence-electron chi connectivity index (χ1n) is 9.48. The van der Waals surface area contributed by atoms with Crippen molar-refractivity contribution in [3.05, 3.63) is 80.8 Å². The van der Waals surface area contributed by atoms with Gasteiger partial charge in [-0.1, -0.05) is 41.4 Å². The summed E-state index contributed by atoms with van der Waals surface area (Å²) < 4.78 is 13.1. The second-order valence-electron chi connectivity index (χ2n) is 7.10. The van der Waals surface area contributed by atoms with E-state index in [4.69, 9.17) is 23.2 Å². The lowest BCUT2D eigenvalue weighted by molar-refractivity contribution is -0.129. The summed E-state index contributed by atoms with van der Waals surface area (Å²) in [5.74, 6) is -2.02. The molecule has 0 aliphatic carbocycles. The molecule has 0 aromatic heterocycles. The molecular formula is C22H21Cl2FN2O3. The third kappa shape index (κ3) is 4.94. The largest absolute Gasteiger partial charge is 0.503 e. The van der Waals surface area contributed by atoms with Gasteiger partial charge in [-0.15, -0.1) is 0 Å². The van der Waals surface area contributed by atoms with Crippen molar-refractivity contribution < 1.29 is 19.1 Å². The van der Waals surface area contributed by atoms with Gasteiger partial charge in [-0.05, 0) is 55.2 Å². The van der Waals surface area contributed by atoms with Gasteiger partial charge in [-0.3, -0.25) is 9.59 Å². The Kier molecular flexibility index (Phi) is 7.00. The van der Waals surface area contributed by atoms with Gasteiger partial charge >= 0.3 is 0 Å². The molecule has 0 unspecified atom stereocenters. The van der Waals surface area contributed by atoms with Gasteiger partial charge < -0.3 is 15.3 Å². The lowest BCUT2D eigenvalue weighted by Crippen LogP contribution is -2.32. The van der Waals surface area contributed by atoms with Crippen LogP contribution in [0.3, 0.4) is 0 Å². The van der Waals surface area contributed by atoms with Crippen LogP contribution in [0.1, 0.15) is 30.5 Å². The highest BCUT2D eigenvalue weighted by Crippen LogP contribution is 2.28. The van der Waals surface area contributed by atoms with Crippen molar-refractivity contribution in [1.82, 2.24) is 10.2 Å². The fourth-order valence-electron chi connectivity index (χ4n) is 3.29. The van der Waals surface area contributed by atoms with Gasteiger partial charge in [0.05, 0.1) is 28.2 Å². The van der Waals surface area contributed by atoms with Crippen LogP contribution >= 0.6 is 23.2 Å². The van der Waals surface area contributed by atoms with E-state index in [1.54, 1.807) is 31.2 Å². The third-order valence-corrected chi connectivity index (χ3v) is 5.82. The number of carbonyl (C=O) groups is 2. The van der Waals surface area contributed by atoms with Gasteiger partial charge in [0.1, 0.15) is 5.82 Å². The number of hydrogen-bond acceptors (Lipinski definition) is 3. The zero-order chi connectivity index (χ0) is 21.8. The third-order valence-electron chi connectivity index (χ3n) is 5.08. The molecule has 1 aliphatic rings. The minimum absolute atomic E-state index is 0.0121. The standard InChI is InChI=1S/C22H21Cl2FN2O3/c1-13(15-5-7-16(25)8-6-15)27-12-17(20(28)22(27)30)21(29)26-10-2-3-14-4-9-18(23)19(24)11-14/h4-9,11,13,28H,2-3,10,12H2,1H3,(H,26,29)/t13-/m1/s1. The number of benzene rings is 2. The predicted octanol–water partition coefficient (Wildman–Crippen LogP) is 4.60. The molecule has 0 bridgehead atoms. The number of nitrogens with zero attached hydrogens (tertiary/aromatic N) is 1. The molecule has 30 heavy (non-hydrogen) atoms. The minimum Gasteiger partial charge on any atom is -0.503 e. The van der Waals surface area contributed by atoms with Crippen molar-refractivity contribution in [1.29, 1.82) is 0 Å². The Bertz CT molecular complexity index is 992. The molecule has 0 fully saturated rings. The molecule has 8 heteroatoms. The first kappa shape index (κ1) is 22.1. The SMILES string of the molecule is C[C@H](c1ccc(F)cc1)N1CC(C(=O)NCCCc2ccc(Cl)c(Cl)c2)=C(O)C1=O. The monoisotopic (exact) mass is 450 g/mol. The first-order valence-corrected chi connectivity index (χ1v) is 10.2. The number of hydrogen-bond donors (Lipinski definition) is 2. The molecule has 3 rings (SSSR count). The average Bonchev–Trinajstić information content (AvgIpc) is 3.03. The number of aliphatic hydroxyl groups is 1. The Hall–Kier alpha value is -2.57. The van der Waals surface area contributed by atoms with Crippen LogP contribution < -0.4 is 5.32 Å².